The molecule has 2 aromatic carbocycles. The van der Waals surface area contributed by atoms with Crippen LogP contribution in [0.15, 0.2) is 60.8 Å². The lowest BCUT2D eigenvalue weighted by molar-refractivity contribution is -0.122. The summed E-state index contributed by atoms with van der Waals surface area (Å²) in [5, 5.41) is 8.24. The van der Waals surface area contributed by atoms with Crippen LogP contribution in [0.25, 0.3) is 21.9 Å². The van der Waals surface area contributed by atoms with E-state index < -0.39 is 5.54 Å². The molecule has 2 N–H and O–H groups in total. The number of hydrogen-bond acceptors (Lipinski definition) is 3. The van der Waals surface area contributed by atoms with Crippen LogP contribution in [0.1, 0.15) is 24.0 Å². The first-order valence-electron chi connectivity index (χ1n) is 10.2. The van der Waals surface area contributed by atoms with Crippen LogP contribution in [0.5, 0.6) is 0 Å². The molecule has 2 aromatic heterocycles. The van der Waals surface area contributed by atoms with Crippen LogP contribution in [-0.4, -0.2) is 22.5 Å². The van der Waals surface area contributed by atoms with Gasteiger partial charge in [-0.25, -0.2) is 9.37 Å². The van der Waals surface area contributed by atoms with Gasteiger partial charge in [0.1, 0.15) is 18.0 Å². The molecule has 1 aliphatic rings. The molecule has 1 aliphatic carbocycles. The second-order valence-corrected chi connectivity index (χ2v) is 7.94. The van der Waals surface area contributed by atoms with Crippen molar-refractivity contribution in [2.45, 2.75) is 31.5 Å². The van der Waals surface area contributed by atoms with Crippen molar-refractivity contribution < 1.29 is 9.18 Å². The number of para-hydroxylation sites is 1. The lowest BCUT2D eigenvalue weighted by Crippen LogP contribution is -2.37. The van der Waals surface area contributed by atoms with Crippen molar-refractivity contribution in [1.29, 1.82) is 0 Å². The number of fused-ring (bicyclic) bond motifs is 3. The molecule has 0 spiro atoms. The van der Waals surface area contributed by atoms with Crippen LogP contribution in [0.3, 0.4) is 0 Å². The number of amides is 1. The van der Waals surface area contributed by atoms with Crippen LogP contribution in [0.4, 0.5) is 4.39 Å². The quantitative estimate of drug-likeness (QED) is 0.515. The van der Waals surface area contributed by atoms with Crippen LogP contribution in [0, 0.1) is 5.82 Å². The van der Waals surface area contributed by atoms with Crippen molar-refractivity contribution >= 4 is 27.8 Å². The minimum absolute atomic E-state index is 0.0967. The van der Waals surface area contributed by atoms with E-state index in [4.69, 9.17) is 0 Å². The number of carbonyl (C=O) groups is 1. The smallest absolute Gasteiger partial charge is 0.240 e. The highest BCUT2D eigenvalue weighted by Gasteiger charge is 2.46. The minimum Gasteiger partial charge on any atom is -0.345 e. The van der Waals surface area contributed by atoms with Gasteiger partial charge < -0.3 is 15.2 Å². The summed E-state index contributed by atoms with van der Waals surface area (Å²) >= 11 is 0. The third kappa shape index (κ3) is 3.13. The molecule has 0 atom stereocenters. The highest BCUT2D eigenvalue weighted by Crippen LogP contribution is 2.46. The maximum absolute atomic E-state index is 14.4. The Kier molecular flexibility index (Phi) is 4.51. The Morgan fingerprint density at radius 2 is 1.93 bits per heavy atom. The molecule has 4 aromatic rings. The summed E-state index contributed by atoms with van der Waals surface area (Å²) < 4.78 is 16.4. The Labute approximate surface area is 173 Å². The second kappa shape index (κ2) is 7.22. The van der Waals surface area contributed by atoms with Gasteiger partial charge in [0.15, 0.2) is 0 Å². The number of hydrogen-bond donors (Lipinski definition) is 2. The van der Waals surface area contributed by atoms with Gasteiger partial charge in [0.2, 0.25) is 5.91 Å². The fourth-order valence-electron chi connectivity index (χ4n) is 4.27. The second-order valence-electron chi connectivity index (χ2n) is 7.94. The Hall–Kier alpha value is -3.25. The molecule has 152 valence electrons. The summed E-state index contributed by atoms with van der Waals surface area (Å²) in [6.07, 6.45) is 3.37. The molecule has 6 heteroatoms. The van der Waals surface area contributed by atoms with Crippen molar-refractivity contribution in [3.8, 4) is 0 Å². The Morgan fingerprint density at radius 1 is 1.13 bits per heavy atom. The Bertz CT molecular complexity index is 1210. The summed E-state index contributed by atoms with van der Waals surface area (Å²) in [4.78, 5) is 17.5. The fraction of sp³-hybridized carbons (Fsp3) is 0.250. The number of rotatable bonds is 6. The highest BCUT2D eigenvalue weighted by atomic mass is 19.1. The number of nitrogens with zero attached hydrogens (tertiary/aromatic N) is 2. The summed E-state index contributed by atoms with van der Waals surface area (Å²) in [5.41, 5.74) is 2.76. The first-order chi connectivity index (χ1) is 14.6. The van der Waals surface area contributed by atoms with Gasteiger partial charge in [-0.05, 0) is 49.7 Å². The van der Waals surface area contributed by atoms with Crippen molar-refractivity contribution in [3.63, 3.8) is 0 Å². The molecule has 0 saturated heterocycles. The molecule has 1 fully saturated rings. The third-order valence-corrected chi connectivity index (χ3v) is 5.93. The normalized spacial score (nSPS) is 14.9. The minimum atomic E-state index is -0.470. The molecule has 5 nitrogen and oxygen atoms in total. The zero-order valence-electron chi connectivity index (χ0n) is 16.8. The number of aromatic nitrogens is 2. The van der Waals surface area contributed by atoms with E-state index in [0.717, 1.165) is 40.3 Å². The zero-order valence-corrected chi connectivity index (χ0v) is 16.8. The van der Waals surface area contributed by atoms with E-state index in [0.29, 0.717) is 12.1 Å². The van der Waals surface area contributed by atoms with Crippen LogP contribution >= 0.6 is 0 Å². The molecule has 0 bridgehead atoms. The molecule has 2 heterocycles. The van der Waals surface area contributed by atoms with Crippen molar-refractivity contribution in [2.24, 2.45) is 0 Å². The van der Waals surface area contributed by atoms with E-state index >= 15 is 0 Å². The highest BCUT2D eigenvalue weighted by molar-refractivity contribution is 6.07. The van der Waals surface area contributed by atoms with Gasteiger partial charge in [0.05, 0.1) is 11.1 Å². The number of carbonyl (C=O) groups excluding carboxylic acids is 1. The summed E-state index contributed by atoms with van der Waals surface area (Å²) in [6, 6.07) is 17.2. The van der Waals surface area contributed by atoms with Gasteiger partial charge in [-0.1, -0.05) is 30.3 Å². The standard InChI is InChI=1S/C24H23FN4O/c1-26-14-16-8-9-17(13-20(16)25)24(10-11-24)28-22(30)15-29-21-7-3-2-5-18(21)19-6-4-12-27-23(19)29/h2-9,12-13,26H,10-11,14-15H2,1H3,(H,28,30). The summed E-state index contributed by atoms with van der Waals surface area (Å²) in [6.45, 7) is 0.648. The topological polar surface area (TPSA) is 58.9 Å². The maximum atomic E-state index is 14.4. The van der Waals surface area contributed by atoms with Crippen molar-refractivity contribution in [2.75, 3.05) is 7.05 Å². The Balaban J connectivity index is 1.42. The lowest BCUT2D eigenvalue weighted by atomic mass is 10.0. The van der Waals surface area contributed by atoms with E-state index in [1.54, 1.807) is 25.4 Å². The average molecular weight is 402 g/mol. The van der Waals surface area contributed by atoms with E-state index in [2.05, 4.69) is 15.6 Å². The van der Waals surface area contributed by atoms with Gasteiger partial charge in [-0.2, -0.15) is 0 Å². The number of pyridine rings is 1. The van der Waals surface area contributed by atoms with E-state index in [9.17, 15) is 9.18 Å². The maximum Gasteiger partial charge on any atom is 0.240 e. The monoisotopic (exact) mass is 402 g/mol. The molecule has 0 unspecified atom stereocenters. The molecule has 0 aliphatic heterocycles. The molecule has 30 heavy (non-hydrogen) atoms. The molecular formula is C24H23FN4O. The predicted molar refractivity (Wildman–Crippen MR) is 115 cm³/mol. The summed E-state index contributed by atoms with van der Waals surface area (Å²) in [7, 11) is 1.79. The molecule has 5 rings (SSSR count). The lowest BCUT2D eigenvalue weighted by Gasteiger charge is -2.19. The van der Waals surface area contributed by atoms with Gasteiger partial charge in [-0.3, -0.25) is 4.79 Å². The SMILES string of the molecule is CNCc1ccc(C2(NC(=O)Cn3c4ccccc4c4cccnc43)CC2)cc1F. The number of nitrogens with one attached hydrogen (secondary N) is 2. The molecule has 1 amide bonds. The van der Waals surface area contributed by atoms with Crippen LogP contribution < -0.4 is 10.6 Å². The largest absolute Gasteiger partial charge is 0.345 e. The Morgan fingerprint density at radius 3 is 2.70 bits per heavy atom. The van der Waals surface area contributed by atoms with Crippen molar-refractivity contribution in [1.82, 2.24) is 20.2 Å². The van der Waals surface area contributed by atoms with Gasteiger partial charge in [0, 0.05) is 29.1 Å². The van der Waals surface area contributed by atoms with E-state index in [1.165, 1.54) is 0 Å². The summed E-state index contributed by atoms with van der Waals surface area (Å²) in [5.74, 6) is -0.338. The van der Waals surface area contributed by atoms with E-state index in [1.807, 2.05) is 47.0 Å². The molecular weight excluding hydrogens is 379 g/mol. The van der Waals surface area contributed by atoms with Gasteiger partial charge >= 0.3 is 0 Å². The predicted octanol–water partition coefficient (Wildman–Crippen LogP) is 3.85. The van der Waals surface area contributed by atoms with Crippen molar-refractivity contribution in [3.05, 3.63) is 77.7 Å². The first-order valence-corrected chi connectivity index (χ1v) is 10.2. The number of benzene rings is 2. The van der Waals surface area contributed by atoms with Crippen LogP contribution in [0.2, 0.25) is 0 Å². The molecule has 1 saturated carbocycles. The van der Waals surface area contributed by atoms with E-state index in [-0.39, 0.29) is 18.3 Å². The molecule has 0 radical (unpaired) electrons. The third-order valence-electron chi connectivity index (χ3n) is 5.93. The zero-order chi connectivity index (χ0) is 20.7. The van der Waals surface area contributed by atoms with Gasteiger partial charge in [-0.15, -0.1) is 0 Å². The number of halogens is 1. The first kappa shape index (κ1) is 18.8. The average Bonchev–Trinajstić information content (AvgIpc) is 3.47. The fourth-order valence-corrected chi connectivity index (χ4v) is 4.27. The van der Waals surface area contributed by atoms with Gasteiger partial charge in [0.25, 0.3) is 0 Å². The van der Waals surface area contributed by atoms with Crippen LogP contribution in [-0.2, 0) is 23.4 Å².